The summed E-state index contributed by atoms with van der Waals surface area (Å²) in [7, 11) is -4.31. The molecule has 1 fully saturated rings. The molecule has 1 N–H and O–H groups in total. The standard InChI is InChI=1S/C10H18O4S/c1-7(2)10(15(12,13)14)5-4-8(3)6-9(10)11/h7-8H,4-6H2,1-3H3,(H,12,13,14)/t8-,10+/m0/s1. The average molecular weight is 234 g/mol. The van der Waals surface area contributed by atoms with Crippen LogP contribution in [0.3, 0.4) is 0 Å². The summed E-state index contributed by atoms with van der Waals surface area (Å²) >= 11 is 0. The summed E-state index contributed by atoms with van der Waals surface area (Å²) in [6.07, 6.45) is 1.16. The minimum Gasteiger partial charge on any atom is -0.298 e. The van der Waals surface area contributed by atoms with Crippen molar-refractivity contribution in [3.63, 3.8) is 0 Å². The van der Waals surface area contributed by atoms with Crippen molar-refractivity contribution in [2.75, 3.05) is 0 Å². The summed E-state index contributed by atoms with van der Waals surface area (Å²) in [5.74, 6) is -0.502. The first-order chi connectivity index (χ1) is 6.72. The highest BCUT2D eigenvalue weighted by Gasteiger charge is 2.53. The highest BCUT2D eigenvalue weighted by molar-refractivity contribution is 7.88. The summed E-state index contributed by atoms with van der Waals surface area (Å²) in [5.41, 5.74) is 0. The minimum atomic E-state index is -4.31. The van der Waals surface area contributed by atoms with Gasteiger partial charge in [-0.3, -0.25) is 9.35 Å². The van der Waals surface area contributed by atoms with Crippen LogP contribution in [-0.4, -0.2) is 23.5 Å². The molecular formula is C10H18O4S. The first-order valence-corrected chi connectivity index (χ1v) is 6.66. The molecule has 0 unspecified atom stereocenters. The van der Waals surface area contributed by atoms with E-state index in [-0.39, 0.29) is 30.5 Å². The Morgan fingerprint density at radius 1 is 1.47 bits per heavy atom. The molecule has 1 rings (SSSR count). The van der Waals surface area contributed by atoms with Gasteiger partial charge in [0.05, 0.1) is 0 Å². The van der Waals surface area contributed by atoms with Gasteiger partial charge < -0.3 is 0 Å². The van der Waals surface area contributed by atoms with Crippen LogP contribution in [0.4, 0.5) is 0 Å². The Morgan fingerprint density at radius 2 is 2.00 bits per heavy atom. The number of ketones is 1. The van der Waals surface area contributed by atoms with E-state index in [0.717, 1.165) is 0 Å². The molecule has 1 saturated carbocycles. The van der Waals surface area contributed by atoms with Crippen molar-refractivity contribution >= 4 is 15.9 Å². The van der Waals surface area contributed by atoms with E-state index in [2.05, 4.69) is 0 Å². The van der Waals surface area contributed by atoms with Crippen LogP contribution in [0, 0.1) is 11.8 Å². The van der Waals surface area contributed by atoms with E-state index in [1.165, 1.54) is 0 Å². The number of carbonyl (C=O) groups excluding carboxylic acids is 1. The Balaban J connectivity index is 3.19. The third-order valence-corrected chi connectivity index (χ3v) is 5.23. The number of carbonyl (C=O) groups is 1. The minimum absolute atomic E-state index is 0.214. The van der Waals surface area contributed by atoms with Crippen LogP contribution < -0.4 is 0 Å². The Bertz CT molecular complexity index is 358. The molecule has 2 atom stereocenters. The molecule has 88 valence electrons. The molecule has 5 heteroatoms. The van der Waals surface area contributed by atoms with Gasteiger partial charge in [-0.1, -0.05) is 20.8 Å². The van der Waals surface area contributed by atoms with E-state index >= 15 is 0 Å². The lowest BCUT2D eigenvalue weighted by Crippen LogP contribution is -2.53. The van der Waals surface area contributed by atoms with Gasteiger partial charge >= 0.3 is 0 Å². The largest absolute Gasteiger partial charge is 0.298 e. The second-order valence-electron chi connectivity index (χ2n) is 4.79. The lowest BCUT2D eigenvalue weighted by molar-refractivity contribution is -0.125. The number of Topliss-reactive ketones (excluding diaryl/α,β-unsaturated/α-hetero) is 1. The first kappa shape index (κ1) is 12.6. The Kier molecular flexibility index (Phi) is 3.26. The van der Waals surface area contributed by atoms with E-state index in [1.54, 1.807) is 13.8 Å². The second kappa shape index (κ2) is 3.87. The zero-order chi connectivity index (χ0) is 11.9. The van der Waals surface area contributed by atoms with Gasteiger partial charge in [-0.2, -0.15) is 8.42 Å². The Hall–Kier alpha value is -0.420. The zero-order valence-corrected chi connectivity index (χ0v) is 10.2. The van der Waals surface area contributed by atoms with Crippen molar-refractivity contribution in [2.45, 2.75) is 44.8 Å². The predicted molar refractivity (Wildman–Crippen MR) is 57.1 cm³/mol. The van der Waals surface area contributed by atoms with E-state index in [1.807, 2.05) is 6.92 Å². The molecule has 0 aromatic rings. The smallest absolute Gasteiger partial charge is 0.278 e. The van der Waals surface area contributed by atoms with E-state index in [4.69, 9.17) is 0 Å². The fourth-order valence-corrected chi connectivity index (χ4v) is 3.72. The van der Waals surface area contributed by atoms with Gasteiger partial charge in [-0.05, 0) is 24.7 Å². The highest BCUT2D eigenvalue weighted by Crippen LogP contribution is 2.39. The van der Waals surface area contributed by atoms with Crippen molar-refractivity contribution in [1.82, 2.24) is 0 Å². The van der Waals surface area contributed by atoms with Gasteiger partial charge in [-0.25, -0.2) is 0 Å². The van der Waals surface area contributed by atoms with Gasteiger partial charge in [0, 0.05) is 6.42 Å². The monoisotopic (exact) mass is 234 g/mol. The molecule has 0 heterocycles. The van der Waals surface area contributed by atoms with E-state index in [0.29, 0.717) is 6.42 Å². The van der Waals surface area contributed by atoms with Crippen LogP contribution in [-0.2, 0) is 14.9 Å². The van der Waals surface area contributed by atoms with Gasteiger partial charge in [0.1, 0.15) is 0 Å². The molecule has 0 radical (unpaired) electrons. The lowest BCUT2D eigenvalue weighted by Gasteiger charge is -2.38. The fraction of sp³-hybridized carbons (Fsp3) is 0.900. The van der Waals surface area contributed by atoms with Crippen LogP contribution in [0.2, 0.25) is 0 Å². The predicted octanol–water partition coefficient (Wildman–Crippen LogP) is 1.66. The Morgan fingerprint density at radius 3 is 2.33 bits per heavy atom. The number of hydrogen-bond donors (Lipinski definition) is 1. The number of hydrogen-bond acceptors (Lipinski definition) is 3. The molecule has 0 bridgehead atoms. The maximum Gasteiger partial charge on any atom is 0.278 e. The van der Waals surface area contributed by atoms with Crippen molar-refractivity contribution in [2.24, 2.45) is 11.8 Å². The third-order valence-electron chi connectivity index (χ3n) is 3.41. The maximum absolute atomic E-state index is 11.9. The van der Waals surface area contributed by atoms with Crippen molar-refractivity contribution < 1.29 is 17.8 Å². The molecule has 1 aliphatic rings. The topological polar surface area (TPSA) is 71.4 Å². The molecule has 4 nitrogen and oxygen atoms in total. The molecule has 0 aromatic carbocycles. The molecular weight excluding hydrogens is 216 g/mol. The molecule has 0 saturated heterocycles. The van der Waals surface area contributed by atoms with Crippen molar-refractivity contribution in [3.8, 4) is 0 Å². The van der Waals surface area contributed by atoms with Crippen molar-refractivity contribution in [3.05, 3.63) is 0 Å². The quantitative estimate of drug-likeness (QED) is 0.737. The SMILES string of the molecule is CC(C)[C@]1(S(=O)(=O)O)CC[C@H](C)CC1=O. The lowest BCUT2D eigenvalue weighted by atomic mass is 9.76. The molecule has 1 aliphatic carbocycles. The summed E-state index contributed by atoms with van der Waals surface area (Å²) in [4.78, 5) is 11.9. The first-order valence-electron chi connectivity index (χ1n) is 5.22. The van der Waals surface area contributed by atoms with Gasteiger partial charge in [0.25, 0.3) is 10.1 Å². The van der Waals surface area contributed by atoms with Gasteiger partial charge in [-0.15, -0.1) is 0 Å². The summed E-state index contributed by atoms with van der Waals surface area (Å²) in [6.45, 7) is 5.26. The van der Waals surface area contributed by atoms with Gasteiger partial charge in [0.15, 0.2) is 10.5 Å². The maximum atomic E-state index is 11.9. The summed E-state index contributed by atoms with van der Waals surface area (Å²) in [6, 6.07) is 0. The van der Waals surface area contributed by atoms with E-state index in [9.17, 15) is 17.8 Å². The molecule has 0 aromatic heterocycles. The Labute approximate surface area is 90.8 Å². The molecule has 0 aliphatic heterocycles. The summed E-state index contributed by atoms with van der Waals surface area (Å²) in [5, 5.41) is 0. The van der Waals surface area contributed by atoms with Crippen LogP contribution in [0.25, 0.3) is 0 Å². The van der Waals surface area contributed by atoms with Crippen LogP contribution in [0.1, 0.15) is 40.0 Å². The van der Waals surface area contributed by atoms with Gasteiger partial charge in [0.2, 0.25) is 0 Å². The second-order valence-corrected chi connectivity index (χ2v) is 6.47. The fourth-order valence-electron chi connectivity index (χ4n) is 2.37. The number of rotatable bonds is 2. The van der Waals surface area contributed by atoms with Crippen LogP contribution in [0.5, 0.6) is 0 Å². The molecule has 15 heavy (non-hydrogen) atoms. The normalized spacial score (nSPS) is 33.4. The van der Waals surface area contributed by atoms with Crippen molar-refractivity contribution in [1.29, 1.82) is 0 Å². The van der Waals surface area contributed by atoms with E-state index < -0.39 is 14.9 Å². The highest BCUT2D eigenvalue weighted by atomic mass is 32.2. The van der Waals surface area contributed by atoms with Crippen LogP contribution >= 0.6 is 0 Å². The average Bonchev–Trinajstić information content (AvgIpc) is 2.00. The zero-order valence-electron chi connectivity index (χ0n) is 9.36. The molecule has 0 spiro atoms. The molecule has 0 amide bonds. The third kappa shape index (κ3) is 1.95. The van der Waals surface area contributed by atoms with Crippen LogP contribution in [0.15, 0.2) is 0 Å². The summed E-state index contributed by atoms with van der Waals surface area (Å²) < 4.78 is 30.5.